The first kappa shape index (κ1) is 8.47. The molecule has 2 aliphatic rings. The fourth-order valence-electron chi connectivity index (χ4n) is 1.89. The second kappa shape index (κ2) is 2.82. The van der Waals surface area contributed by atoms with Crippen LogP contribution in [0.4, 0.5) is 0 Å². The molecule has 2 heterocycles. The van der Waals surface area contributed by atoms with Crippen molar-refractivity contribution < 1.29 is 9.53 Å². The van der Waals surface area contributed by atoms with Crippen molar-refractivity contribution >= 4 is 12.2 Å². The number of fused-ring (bicyclic) bond motifs is 1. The van der Waals surface area contributed by atoms with Crippen molar-refractivity contribution in [2.24, 2.45) is 4.99 Å². The summed E-state index contributed by atoms with van der Waals surface area (Å²) in [6.07, 6.45) is 2.21. The molecule has 0 saturated carbocycles. The van der Waals surface area contributed by atoms with Crippen LogP contribution in [0.2, 0.25) is 0 Å². The van der Waals surface area contributed by atoms with Gasteiger partial charge in [-0.1, -0.05) is 12.1 Å². The van der Waals surface area contributed by atoms with Crippen molar-refractivity contribution in [3.05, 3.63) is 34.8 Å². The van der Waals surface area contributed by atoms with Crippen molar-refractivity contribution in [3.8, 4) is 0 Å². The summed E-state index contributed by atoms with van der Waals surface area (Å²) in [7, 11) is 0. The number of hydrogen-bond donors (Lipinski definition) is 1. The number of carbonyl (C=O) groups excluding carboxylic acids is 1. The molecule has 1 aromatic carbocycles. The molecule has 4 heteroatoms. The van der Waals surface area contributed by atoms with E-state index in [1.807, 2.05) is 24.3 Å². The van der Waals surface area contributed by atoms with Crippen molar-refractivity contribution in [3.63, 3.8) is 0 Å². The zero-order valence-corrected chi connectivity index (χ0v) is 8.06. The quantitative estimate of drug-likeness (QED) is 0.604. The van der Waals surface area contributed by atoms with Gasteiger partial charge in [0.15, 0.2) is 0 Å². The predicted molar refractivity (Wildman–Crippen MR) is 53.1 cm³/mol. The molecule has 0 radical (unpaired) electrons. The average molecular weight is 202 g/mol. The molecule has 1 aromatic rings. The topological polar surface area (TPSA) is 50.7 Å². The van der Waals surface area contributed by atoms with Gasteiger partial charge < -0.3 is 10.1 Å². The number of benzene rings is 1. The smallest absolute Gasteiger partial charge is 0.287 e. The molecule has 1 spiro atoms. The van der Waals surface area contributed by atoms with Gasteiger partial charge in [0.25, 0.3) is 11.6 Å². The van der Waals surface area contributed by atoms with Gasteiger partial charge >= 0.3 is 0 Å². The minimum absolute atomic E-state index is 0.145. The minimum atomic E-state index is -1.01. The van der Waals surface area contributed by atoms with E-state index < -0.39 is 5.72 Å². The Labute approximate surface area is 86.3 Å². The average Bonchev–Trinajstić information content (AvgIpc) is 2.60. The van der Waals surface area contributed by atoms with Gasteiger partial charge in [0.2, 0.25) is 0 Å². The molecule has 3 rings (SSSR count). The Morgan fingerprint density at radius 2 is 2.27 bits per heavy atom. The van der Waals surface area contributed by atoms with Gasteiger partial charge in [0, 0.05) is 18.2 Å². The lowest BCUT2D eigenvalue weighted by Gasteiger charge is -2.22. The molecule has 76 valence electrons. The van der Waals surface area contributed by atoms with Gasteiger partial charge in [-0.15, -0.1) is 0 Å². The SMILES string of the molecule is O=C1NCCC12N=c1ccccc1=CO2. The van der Waals surface area contributed by atoms with Gasteiger partial charge in [-0.05, 0) is 12.1 Å². The maximum atomic E-state index is 11.6. The van der Waals surface area contributed by atoms with E-state index in [-0.39, 0.29) is 5.91 Å². The van der Waals surface area contributed by atoms with Crippen molar-refractivity contribution in [2.45, 2.75) is 12.1 Å². The second-order valence-corrected chi connectivity index (χ2v) is 3.70. The number of nitrogens with one attached hydrogen (secondary N) is 1. The standard InChI is InChI=1S/C11H10N2O2/c14-10-11(5-6-12-10)13-9-4-2-1-3-8(9)7-15-11/h1-4,7H,5-6H2,(H,12,14). The monoisotopic (exact) mass is 202 g/mol. The number of carbonyl (C=O) groups is 1. The predicted octanol–water partition coefficient (Wildman–Crippen LogP) is -0.709. The van der Waals surface area contributed by atoms with Crippen LogP contribution in [0.15, 0.2) is 29.3 Å². The highest BCUT2D eigenvalue weighted by Crippen LogP contribution is 2.23. The third-order valence-corrected chi connectivity index (χ3v) is 2.72. The summed E-state index contributed by atoms with van der Waals surface area (Å²) in [5.41, 5.74) is -1.01. The van der Waals surface area contributed by atoms with Crippen LogP contribution < -0.4 is 15.9 Å². The highest BCUT2D eigenvalue weighted by atomic mass is 16.5. The zero-order valence-electron chi connectivity index (χ0n) is 8.06. The second-order valence-electron chi connectivity index (χ2n) is 3.70. The van der Waals surface area contributed by atoms with E-state index >= 15 is 0 Å². The molecule has 0 aromatic heterocycles. The first-order valence-corrected chi connectivity index (χ1v) is 4.91. The highest BCUT2D eigenvalue weighted by molar-refractivity contribution is 5.87. The first-order valence-electron chi connectivity index (χ1n) is 4.91. The van der Waals surface area contributed by atoms with Crippen LogP contribution in [-0.4, -0.2) is 18.2 Å². The van der Waals surface area contributed by atoms with Crippen molar-refractivity contribution in [1.29, 1.82) is 0 Å². The largest absolute Gasteiger partial charge is 0.464 e. The molecular formula is C11H10N2O2. The summed E-state index contributed by atoms with van der Waals surface area (Å²) >= 11 is 0. The molecule has 1 amide bonds. The Morgan fingerprint density at radius 3 is 3.07 bits per heavy atom. The van der Waals surface area contributed by atoms with E-state index in [0.717, 1.165) is 10.6 Å². The Hall–Kier alpha value is -1.84. The molecule has 1 saturated heterocycles. The number of rotatable bonds is 0. The molecular weight excluding hydrogens is 192 g/mol. The lowest BCUT2D eigenvalue weighted by atomic mass is 10.1. The number of ether oxygens (including phenoxy) is 1. The van der Waals surface area contributed by atoms with Gasteiger partial charge in [-0.3, -0.25) is 4.79 Å². The lowest BCUT2D eigenvalue weighted by Crippen LogP contribution is -2.45. The number of amides is 1. The molecule has 0 aliphatic carbocycles. The maximum Gasteiger partial charge on any atom is 0.287 e. The minimum Gasteiger partial charge on any atom is -0.464 e. The summed E-state index contributed by atoms with van der Waals surface area (Å²) in [6, 6.07) is 7.63. The van der Waals surface area contributed by atoms with E-state index in [0.29, 0.717) is 13.0 Å². The maximum absolute atomic E-state index is 11.6. The Bertz CT molecular complexity index is 538. The summed E-state index contributed by atoms with van der Waals surface area (Å²) in [6.45, 7) is 0.623. The number of nitrogens with zero attached hydrogens (tertiary/aromatic N) is 1. The molecule has 4 nitrogen and oxygen atoms in total. The van der Waals surface area contributed by atoms with Crippen LogP contribution in [0.5, 0.6) is 0 Å². The zero-order chi connectivity index (χ0) is 10.3. The van der Waals surface area contributed by atoms with E-state index in [1.54, 1.807) is 6.26 Å². The van der Waals surface area contributed by atoms with Crippen LogP contribution in [0, 0.1) is 0 Å². The molecule has 1 unspecified atom stereocenters. The number of hydrogen-bond acceptors (Lipinski definition) is 3. The third kappa shape index (κ3) is 1.14. The normalized spacial score (nSPS) is 27.3. The van der Waals surface area contributed by atoms with Gasteiger partial charge in [-0.2, -0.15) is 0 Å². The van der Waals surface area contributed by atoms with Gasteiger partial charge in [0.05, 0.1) is 11.6 Å². The van der Waals surface area contributed by atoms with Crippen molar-refractivity contribution in [1.82, 2.24) is 5.32 Å². The molecule has 2 aliphatic heterocycles. The fourth-order valence-corrected chi connectivity index (χ4v) is 1.89. The Morgan fingerprint density at radius 1 is 1.40 bits per heavy atom. The first-order chi connectivity index (χ1) is 7.30. The van der Waals surface area contributed by atoms with Crippen LogP contribution in [-0.2, 0) is 9.53 Å². The van der Waals surface area contributed by atoms with Crippen LogP contribution in [0.1, 0.15) is 6.42 Å². The molecule has 1 fully saturated rings. The van der Waals surface area contributed by atoms with E-state index in [2.05, 4.69) is 10.3 Å². The van der Waals surface area contributed by atoms with Crippen LogP contribution >= 0.6 is 0 Å². The van der Waals surface area contributed by atoms with Crippen LogP contribution in [0.25, 0.3) is 6.26 Å². The fraction of sp³-hybridized carbons (Fsp3) is 0.273. The van der Waals surface area contributed by atoms with E-state index in [4.69, 9.17) is 4.74 Å². The molecule has 0 bridgehead atoms. The molecule has 1 N–H and O–H groups in total. The van der Waals surface area contributed by atoms with Crippen LogP contribution in [0.3, 0.4) is 0 Å². The van der Waals surface area contributed by atoms with Gasteiger partial charge in [-0.25, -0.2) is 4.99 Å². The summed E-state index contributed by atoms with van der Waals surface area (Å²) in [5.74, 6) is -0.145. The molecule has 15 heavy (non-hydrogen) atoms. The van der Waals surface area contributed by atoms with E-state index in [1.165, 1.54) is 0 Å². The number of para-hydroxylation sites is 1. The van der Waals surface area contributed by atoms with E-state index in [9.17, 15) is 4.79 Å². The highest BCUT2D eigenvalue weighted by Gasteiger charge is 2.44. The summed E-state index contributed by atoms with van der Waals surface area (Å²) in [4.78, 5) is 16.0. The van der Waals surface area contributed by atoms with Crippen molar-refractivity contribution in [2.75, 3.05) is 6.54 Å². The Kier molecular flexibility index (Phi) is 1.59. The summed E-state index contributed by atoms with van der Waals surface area (Å²) in [5, 5.41) is 4.47. The van der Waals surface area contributed by atoms with Gasteiger partial charge in [0.1, 0.15) is 0 Å². The third-order valence-electron chi connectivity index (χ3n) is 2.72. The molecule has 1 atom stereocenters. The Balaban J connectivity index is 2.21. The lowest BCUT2D eigenvalue weighted by molar-refractivity contribution is -0.133. The summed E-state index contributed by atoms with van der Waals surface area (Å²) < 4.78 is 5.46.